The van der Waals surface area contributed by atoms with Crippen molar-refractivity contribution in [1.29, 1.82) is 0 Å². The van der Waals surface area contributed by atoms with Gasteiger partial charge >= 0.3 is 0 Å². The van der Waals surface area contributed by atoms with Gasteiger partial charge in [0, 0.05) is 5.56 Å². The van der Waals surface area contributed by atoms with Crippen molar-refractivity contribution in [2.45, 2.75) is 6.92 Å². The molecular weight excluding hydrogens is 376 g/mol. The van der Waals surface area contributed by atoms with Crippen LogP contribution >= 0.6 is 15.9 Å². The Labute approximate surface area is 148 Å². The van der Waals surface area contributed by atoms with E-state index in [1.54, 1.807) is 36.4 Å². The summed E-state index contributed by atoms with van der Waals surface area (Å²) in [6.45, 7) is 2.47. The Balaban J connectivity index is 2.03. The molecule has 0 radical (unpaired) electrons. The first kappa shape index (κ1) is 17.8. The van der Waals surface area contributed by atoms with Crippen molar-refractivity contribution in [2.75, 3.05) is 13.7 Å². The molecule has 0 atom stereocenters. The van der Waals surface area contributed by atoms with E-state index in [2.05, 4.69) is 26.5 Å². The van der Waals surface area contributed by atoms with E-state index in [0.29, 0.717) is 33.7 Å². The second-order valence-electron chi connectivity index (χ2n) is 4.71. The van der Waals surface area contributed by atoms with Crippen LogP contribution in [0.1, 0.15) is 22.8 Å². The number of aromatic hydroxyl groups is 1. The van der Waals surface area contributed by atoms with Gasteiger partial charge in [-0.1, -0.05) is 0 Å². The average molecular weight is 393 g/mol. The van der Waals surface area contributed by atoms with Gasteiger partial charge in [-0.2, -0.15) is 5.10 Å². The third-order valence-corrected chi connectivity index (χ3v) is 3.68. The third kappa shape index (κ3) is 4.48. The van der Waals surface area contributed by atoms with Crippen LogP contribution in [0.3, 0.4) is 0 Å². The number of nitrogens with zero attached hydrogens (tertiary/aromatic N) is 1. The molecule has 24 heavy (non-hydrogen) atoms. The van der Waals surface area contributed by atoms with Gasteiger partial charge in [-0.15, -0.1) is 0 Å². The fourth-order valence-electron chi connectivity index (χ4n) is 1.92. The molecule has 126 valence electrons. The average Bonchev–Trinajstić information content (AvgIpc) is 2.58. The van der Waals surface area contributed by atoms with Crippen LogP contribution in [-0.4, -0.2) is 30.9 Å². The molecule has 0 aromatic heterocycles. The van der Waals surface area contributed by atoms with Crippen molar-refractivity contribution in [3.63, 3.8) is 0 Å². The Kier molecular flexibility index (Phi) is 6.20. The first-order chi connectivity index (χ1) is 11.5. The zero-order chi connectivity index (χ0) is 17.5. The summed E-state index contributed by atoms with van der Waals surface area (Å²) < 4.78 is 10.9. The van der Waals surface area contributed by atoms with E-state index in [4.69, 9.17) is 9.47 Å². The summed E-state index contributed by atoms with van der Waals surface area (Å²) >= 11 is 3.22. The van der Waals surface area contributed by atoms with E-state index in [0.717, 1.165) is 0 Å². The predicted octanol–water partition coefficient (Wildman–Crippen LogP) is 3.33. The van der Waals surface area contributed by atoms with E-state index in [1.165, 1.54) is 13.3 Å². The number of halogens is 1. The van der Waals surface area contributed by atoms with Gasteiger partial charge in [-0.05, 0) is 64.8 Å². The van der Waals surface area contributed by atoms with E-state index >= 15 is 0 Å². The maximum absolute atomic E-state index is 12.0. The Bertz CT molecular complexity index is 745. The van der Waals surface area contributed by atoms with Gasteiger partial charge < -0.3 is 14.6 Å². The lowest BCUT2D eigenvalue weighted by Crippen LogP contribution is -2.17. The first-order valence-corrected chi connectivity index (χ1v) is 7.97. The highest BCUT2D eigenvalue weighted by Gasteiger charge is 2.08. The quantitative estimate of drug-likeness (QED) is 0.583. The normalized spacial score (nSPS) is 10.6. The number of methoxy groups -OCH3 is 1. The fourth-order valence-corrected chi connectivity index (χ4v) is 2.38. The highest BCUT2D eigenvalue weighted by molar-refractivity contribution is 9.10. The van der Waals surface area contributed by atoms with Gasteiger partial charge in [-0.3, -0.25) is 4.79 Å². The van der Waals surface area contributed by atoms with E-state index in [9.17, 15) is 9.90 Å². The summed E-state index contributed by atoms with van der Waals surface area (Å²) in [5.74, 6) is 0.689. The summed E-state index contributed by atoms with van der Waals surface area (Å²) in [4.78, 5) is 12.0. The molecule has 0 bridgehead atoms. The number of carbonyl (C=O) groups excluding carboxylic acids is 1. The maximum Gasteiger partial charge on any atom is 0.271 e. The Morgan fingerprint density at radius 2 is 2.04 bits per heavy atom. The van der Waals surface area contributed by atoms with E-state index in [-0.39, 0.29) is 11.7 Å². The number of phenolic OH excluding ortho intramolecular Hbond substituents is 1. The topological polar surface area (TPSA) is 80.2 Å². The van der Waals surface area contributed by atoms with Crippen molar-refractivity contribution in [2.24, 2.45) is 5.10 Å². The Morgan fingerprint density at radius 3 is 2.67 bits per heavy atom. The molecule has 0 fully saturated rings. The summed E-state index contributed by atoms with van der Waals surface area (Å²) in [5, 5.41) is 13.7. The van der Waals surface area contributed by atoms with Gasteiger partial charge in [0.2, 0.25) is 0 Å². The summed E-state index contributed by atoms with van der Waals surface area (Å²) in [6, 6.07) is 10.0. The number of amides is 1. The molecule has 2 aromatic carbocycles. The number of rotatable bonds is 6. The minimum Gasteiger partial charge on any atom is -0.503 e. The molecule has 6 nitrogen and oxygen atoms in total. The molecular formula is C17H17BrN2O4. The number of carbonyl (C=O) groups is 1. The highest BCUT2D eigenvalue weighted by atomic mass is 79.9. The molecule has 0 saturated heterocycles. The highest BCUT2D eigenvalue weighted by Crippen LogP contribution is 2.34. The largest absolute Gasteiger partial charge is 0.503 e. The smallest absolute Gasteiger partial charge is 0.271 e. The first-order valence-electron chi connectivity index (χ1n) is 7.18. The van der Waals surface area contributed by atoms with Crippen molar-refractivity contribution < 1.29 is 19.4 Å². The molecule has 0 aliphatic rings. The number of hydrazone groups is 1. The van der Waals surface area contributed by atoms with Gasteiger partial charge in [0.1, 0.15) is 5.75 Å². The number of phenols is 1. The lowest BCUT2D eigenvalue weighted by Gasteiger charge is -2.06. The van der Waals surface area contributed by atoms with Crippen molar-refractivity contribution in [3.05, 3.63) is 52.0 Å². The number of nitrogens with one attached hydrogen (secondary N) is 1. The van der Waals surface area contributed by atoms with Crippen LogP contribution < -0.4 is 14.9 Å². The molecule has 0 saturated carbocycles. The monoisotopic (exact) mass is 392 g/mol. The Morgan fingerprint density at radius 1 is 1.33 bits per heavy atom. The lowest BCUT2D eigenvalue weighted by molar-refractivity contribution is 0.0955. The van der Waals surface area contributed by atoms with Gasteiger partial charge in [0.15, 0.2) is 11.5 Å². The SMILES string of the molecule is CCOc1ccc(C(=O)N/N=C/c2cc(Br)c(O)c(OC)c2)cc1. The van der Waals surface area contributed by atoms with Crippen LogP contribution in [0.4, 0.5) is 0 Å². The lowest BCUT2D eigenvalue weighted by atomic mass is 10.2. The van der Waals surface area contributed by atoms with Crippen molar-refractivity contribution >= 4 is 28.1 Å². The number of hydrogen-bond acceptors (Lipinski definition) is 5. The van der Waals surface area contributed by atoms with Crippen LogP contribution in [-0.2, 0) is 0 Å². The third-order valence-electron chi connectivity index (χ3n) is 3.08. The van der Waals surface area contributed by atoms with Crippen LogP contribution in [0.15, 0.2) is 46.0 Å². The molecule has 2 rings (SSSR count). The molecule has 1 amide bonds. The second kappa shape index (κ2) is 8.35. The van der Waals surface area contributed by atoms with Crippen LogP contribution in [0, 0.1) is 0 Å². The summed E-state index contributed by atoms with van der Waals surface area (Å²) in [6.07, 6.45) is 1.46. The van der Waals surface area contributed by atoms with Gasteiger partial charge in [-0.25, -0.2) is 5.43 Å². The van der Waals surface area contributed by atoms with E-state index in [1.807, 2.05) is 6.92 Å². The minimum atomic E-state index is -0.334. The number of benzene rings is 2. The fraction of sp³-hybridized carbons (Fsp3) is 0.176. The molecule has 0 aliphatic heterocycles. The van der Waals surface area contributed by atoms with Crippen molar-refractivity contribution in [1.82, 2.24) is 5.43 Å². The molecule has 7 heteroatoms. The molecule has 0 heterocycles. The zero-order valence-corrected chi connectivity index (χ0v) is 14.8. The predicted molar refractivity (Wildman–Crippen MR) is 95.0 cm³/mol. The number of ether oxygens (including phenoxy) is 2. The van der Waals surface area contributed by atoms with Crippen LogP contribution in [0.25, 0.3) is 0 Å². The molecule has 0 aliphatic carbocycles. The van der Waals surface area contributed by atoms with Crippen molar-refractivity contribution in [3.8, 4) is 17.2 Å². The molecule has 2 N–H and O–H groups in total. The maximum atomic E-state index is 12.0. The van der Waals surface area contributed by atoms with Crippen LogP contribution in [0.5, 0.6) is 17.2 Å². The van der Waals surface area contributed by atoms with E-state index < -0.39 is 0 Å². The molecule has 0 spiro atoms. The minimum absolute atomic E-state index is 0.00748. The Hall–Kier alpha value is -2.54. The summed E-state index contributed by atoms with van der Waals surface area (Å²) in [5.41, 5.74) is 3.57. The molecule has 2 aromatic rings. The zero-order valence-electron chi connectivity index (χ0n) is 13.2. The molecule has 0 unspecified atom stereocenters. The van der Waals surface area contributed by atoms with Gasteiger partial charge in [0.05, 0.1) is 24.4 Å². The van der Waals surface area contributed by atoms with Crippen LogP contribution in [0.2, 0.25) is 0 Å². The summed E-state index contributed by atoms with van der Waals surface area (Å²) in [7, 11) is 1.45. The van der Waals surface area contributed by atoms with Gasteiger partial charge in [0.25, 0.3) is 5.91 Å². The number of hydrogen-bond donors (Lipinski definition) is 2. The standard InChI is InChI=1S/C17H17BrN2O4/c1-3-24-13-6-4-12(5-7-13)17(22)20-19-10-11-8-14(18)16(21)15(9-11)23-2/h4-10,21H,3H2,1-2H3,(H,20,22)/b19-10+. The second-order valence-corrected chi connectivity index (χ2v) is 5.56.